The topological polar surface area (TPSA) is 17.1 Å². The Labute approximate surface area is 97.2 Å². The van der Waals surface area contributed by atoms with Gasteiger partial charge in [0.25, 0.3) is 0 Å². The Bertz CT molecular complexity index is 401. The summed E-state index contributed by atoms with van der Waals surface area (Å²) in [6.07, 6.45) is 4.88. The summed E-state index contributed by atoms with van der Waals surface area (Å²) in [7, 11) is 0. The van der Waals surface area contributed by atoms with Gasteiger partial charge in [-0.25, -0.2) is 0 Å². The molecule has 0 aromatic heterocycles. The maximum Gasteiger partial charge on any atom is 0.159 e. The molecule has 1 aliphatic carbocycles. The van der Waals surface area contributed by atoms with E-state index in [1.165, 1.54) is 11.1 Å². The fraction of sp³-hybridized carbons (Fsp3) is 0.400. The number of hydrogen-bond acceptors (Lipinski definition) is 1. The highest BCUT2D eigenvalue weighted by Gasteiger charge is 2.22. The smallest absolute Gasteiger partial charge is 0.159 e. The van der Waals surface area contributed by atoms with Gasteiger partial charge in [0.1, 0.15) is 0 Å². The highest BCUT2D eigenvalue weighted by atomic mass is 16.1. The van der Waals surface area contributed by atoms with Crippen molar-refractivity contribution in [3.05, 3.63) is 41.5 Å². The number of carbonyl (C=O) groups is 1. The molecule has 0 amide bonds. The van der Waals surface area contributed by atoms with Crippen LogP contribution in [-0.4, -0.2) is 5.78 Å². The van der Waals surface area contributed by atoms with E-state index in [1.807, 2.05) is 18.2 Å². The van der Waals surface area contributed by atoms with Crippen molar-refractivity contribution in [2.24, 2.45) is 0 Å². The van der Waals surface area contributed by atoms with E-state index >= 15 is 0 Å². The Morgan fingerprint density at radius 1 is 1.12 bits per heavy atom. The zero-order valence-corrected chi connectivity index (χ0v) is 9.83. The fourth-order valence-corrected chi connectivity index (χ4v) is 2.31. The van der Waals surface area contributed by atoms with E-state index in [0.717, 1.165) is 31.3 Å². The zero-order chi connectivity index (χ0) is 11.4. The third-order valence-corrected chi connectivity index (χ3v) is 3.21. The molecule has 84 valence electrons. The molecule has 1 aliphatic rings. The molecule has 0 saturated heterocycles. The van der Waals surface area contributed by atoms with Crippen molar-refractivity contribution in [3.63, 3.8) is 0 Å². The number of rotatable bonds is 4. The maximum atomic E-state index is 11.8. The predicted molar refractivity (Wildman–Crippen MR) is 67.1 cm³/mol. The fourth-order valence-electron chi connectivity index (χ4n) is 2.31. The van der Waals surface area contributed by atoms with Gasteiger partial charge in [-0.3, -0.25) is 4.79 Å². The molecular weight excluding hydrogens is 196 g/mol. The van der Waals surface area contributed by atoms with Gasteiger partial charge >= 0.3 is 0 Å². The van der Waals surface area contributed by atoms with Crippen molar-refractivity contribution in [1.29, 1.82) is 0 Å². The van der Waals surface area contributed by atoms with E-state index in [-0.39, 0.29) is 0 Å². The van der Waals surface area contributed by atoms with Crippen LogP contribution in [0.15, 0.2) is 35.9 Å². The van der Waals surface area contributed by atoms with Crippen LogP contribution in [-0.2, 0) is 4.79 Å². The lowest BCUT2D eigenvalue weighted by Gasteiger charge is -2.06. The lowest BCUT2D eigenvalue weighted by Crippen LogP contribution is -1.96. The van der Waals surface area contributed by atoms with Crippen LogP contribution in [0.4, 0.5) is 0 Å². The third kappa shape index (κ3) is 2.24. The highest BCUT2D eigenvalue weighted by molar-refractivity contribution is 6.07. The van der Waals surface area contributed by atoms with Crippen LogP contribution in [0.3, 0.4) is 0 Å². The Hall–Kier alpha value is -1.37. The van der Waals surface area contributed by atoms with E-state index < -0.39 is 0 Å². The molecule has 1 heteroatoms. The summed E-state index contributed by atoms with van der Waals surface area (Å²) in [6, 6.07) is 10.3. The van der Waals surface area contributed by atoms with Gasteiger partial charge in [-0.2, -0.15) is 0 Å². The lowest BCUT2D eigenvalue weighted by atomic mass is 9.99. The lowest BCUT2D eigenvalue weighted by molar-refractivity contribution is -0.115. The van der Waals surface area contributed by atoms with Gasteiger partial charge in [0, 0.05) is 6.42 Å². The molecule has 0 unspecified atom stereocenters. The monoisotopic (exact) mass is 214 g/mol. The van der Waals surface area contributed by atoms with Crippen molar-refractivity contribution in [1.82, 2.24) is 0 Å². The number of Topliss-reactive ketones (excluding diaryl/α,β-unsaturated/α-hetero) is 1. The van der Waals surface area contributed by atoms with E-state index in [9.17, 15) is 4.79 Å². The number of benzene rings is 1. The molecule has 0 bridgehead atoms. The van der Waals surface area contributed by atoms with Gasteiger partial charge in [-0.05, 0) is 36.0 Å². The van der Waals surface area contributed by atoms with E-state index in [1.54, 1.807) is 0 Å². The summed E-state index contributed by atoms with van der Waals surface area (Å²) in [5, 5.41) is 0. The van der Waals surface area contributed by atoms with Gasteiger partial charge in [0.05, 0.1) is 0 Å². The molecule has 1 aromatic carbocycles. The minimum absolute atomic E-state index is 0.368. The molecule has 0 radical (unpaired) electrons. The van der Waals surface area contributed by atoms with Crippen LogP contribution in [0.1, 0.15) is 44.6 Å². The number of hydrogen-bond donors (Lipinski definition) is 0. The van der Waals surface area contributed by atoms with Crippen LogP contribution in [0.2, 0.25) is 0 Å². The molecule has 0 saturated carbocycles. The maximum absolute atomic E-state index is 11.8. The normalized spacial score (nSPS) is 15.9. The second-order valence-electron chi connectivity index (χ2n) is 4.35. The summed E-state index contributed by atoms with van der Waals surface area (Å²) < 4.78 is 0. The summed E-state index contributed by atoms with van der Waals surface area (Å²) >= 11 is 0. The van der Waals surface area contributed by atoms with Crippen molar-refractivity contribution in [2.45, 2.75) is 39.0 Å². The molecule has 0 aliphatic heterocycles. The van der Waals surface area contributed by atoms with Crippen LogP contribution in [0.25, 0.3) is 5.57 Å². The van der Waals surface area contributed by atoms with Gasteiger partial charge in [0.2, 0.25) is 0 Å². The molecule has 0 atom stereocenters. The predicted octanol–water partition coefficient (Wildman–Crippen LogP) is 3.99. The van der Waals surface area contributed by atoms with E-state index in [4.69, 9.17) is 0 Å². The molecule has 0 heterocycles. The van der Waals surface area contributed by atoms with E-state index in [2.05, 4.69) is 19.1 Å². The van der Waals surface area contributed by atoms with Crippen LogP contribution in [0, 0.1) is 0 Å². The van der Waals surface area contributed by atoms with Crippen LogP contribution in [0.5, 0.6) is 0 Å². The van der Waals surface area contributed by atoms with Crippen molar-refractivity contribution < 1.29 is 4.79 Å². The van der Waals surface area contributed by atoms with Gasteiger partial charge in [-0.1, -0.05) is 43.7 Å². The third-order valence-electron chi connectivity index (χ3n) is 3.21. The van der Waals surface area contributed by atoms with Crippen LogP contribution < -0.4 is 0 Å². The summed E-state index contributed by atoms with van der Waals surface area (Å²) in [6.45, 7) is 2.17. The minimum atomic E-state index is 0.368. The van der Waals surface area contributed by atoms with Crippen molar-refractivity contribution in [2.75, 3.05) is 0 Å². The molecule has 0 fully saturated rings. The first kappa shape index (κ1) is 11.1. The Kier molecular flexibility index (Phi) is 3.55. The number of unbranched alkanes of at least 4 members (excludes halogenated alkanes) is 1. The molecule has 0 spiro atoms. The highest BCUT2D eigenvalue weighted by Crippen LogP contribution is 2.33. The largest absolute Gasteiger partial charge is 0.295 e. The minimum Gasteiger partial charge on any atom is -0.295 e. The standard InChI is InChI=1S/C15H18O/c1-2-3-9-14-13(10-11-15(14)16)12-7-5-4-6-8-12/h4-8H,2-3,9-11H2,1H3. The van der Waals surface area contributed by atoms with Crippen molar-refractivity contribution >= 4 is 11.4 Å². The first-order chi connectivity index (χ1) is 7.83. The SMILES string of the molecule is CCCCC1=C(c2ccccc2)CCC1=O. The molecule has 2 rings (SSSR count). The summed E-state index contributed by atoms with van der Waals surface area (Å²) in [5.41, 5.74) is 3.62. The molecule has 16 heavy (non-hydrogen) atoms. The summed E-state index contributed by atoms with van der Waals surface area (Å²) in [4.78, 5) is 11.8. The first-order valence-electron chi connectivity index (χ1n) is 6.13. The average molecular weight is 214 g/mol. The molecule has 0 N–H and O–H groups in total. The number of ketones is 1. The second kappa shape index (κ2) is 5.11. The quantitative estimate of drug-likeness (QED) is 0.740. The Morgan fingerprint density at radius 2 is 1.88 bits per heavy atom. The van der Waals surface area contributed by atoms with Crippen LogP contribution >= 0.6 is 0 Å². The number of carbonyl (C=O) groups excluding carboxylic acids is 1. The average Bonchev–Trinajstić information content (AvgIpc) is 2.69. The second-order valence-corrected chi connectivity index (χ2v) is 4.35. The van der Waals surface area contributed by atoms with E-state index in [0.29, 0.717) is 12.2 Å². The molecule has 1 aromatic rings. The Morgan fingerprint density at radius 3 is 2.56 bits per heavy atom. The van der Waals surface area contributed by atoms with Gasteiger partial charge in [0.15, 0.2) is 5.78 Å². The number of allylic oxidation sites excluding steroid dienone is 2. The van der Waals surface area contributed by atoms with Crippen molar-refractivity contribution in [3.8, 4) is 0 Å². The molecular formula is C15H18O. The zero-order valence-electron chi connectivity index (χ0n) is 9.83. The van der Waals surface area contributed by atoms with Gasteiger partial charge < -0.3 is 0 Å². The Balaban J connectivity index is 2.29. The van der Waals surface area contributed by atoms with Gasteiger partial charge in [-0.15, -0.1) is 0 Å². The molecule has 1 nitrogen and oxygen atoms in total. The summed E-state index contributed by atoms with van der Waals surface area (Å²) in [5.74, 6) is 0.368. The first-order valence-corrected chi connectivity index (χ1v) is 6.13.